The predicted octanol–water partition coefficient (Wildman–Crippen LogP) is 1.97. The number of carboxylic acids is 1. The smallest absolute Gasteiger partial charge is 0.326 e. The number of urea groups is 1. The van der Waals surface area contributed by atoms with E-state index in [1.807, 2.05) is 24.4 Å². The van der Waals surface area contributed by atoms with Gasteiger partial charge in [0.1, 0.15) is 6.04 Å². The van der Waals surface area contributed by atoms with Crippen molar-refractivity contribution in [2.45, 2.75) is 32.4 Å². The highest BCUT2D eigenvalue weighted by molar-refractivity contribution is 7.10. The first-order valence-corrected chi connectivity index (χ1v) is 6.25. The number of hydrogen-bond donors (Lipinski definition) is 3. The minimum atomic E-state index is -1.02. The Morgan fingerprint density at radius 2 is 2.18 bits per heavy atom. The average Bonchev–Trinajstić information content (AvgIpc) is 2.78. The van der Waals surface area contributed by atoms with Gasteiger partial charge in [0.05, 0.1) is 6.04 Å². The number of aliphatic carboxylic acids is 1. The van der Waals surface area contributed by atoms with Crippen LogP contribution in [-0.2, 0) is 4.79 Å². The summed E-state index contributed by atoms with van der Waals surface area (Å²) in [5.74, 6) is -1.02. The van der Waals surface area contributed by atoms with Crippen LogP contribution in [0.4, 0.5) is 4.79 Å². The van der Waals surface area contributed by atoms with E-state index >= 15 is 0 Å². The Bertz CT molecular complexity index is 378. The van der Waals surface area contributed by atoms with E-state index in [2.05, 4.69) is 10.6 Å². The van der Waals surface area contributed by atoms with Gasteiger partial charge in [0.15, 0.2) is 0 Å². The van der Waals surface area contributed by atoms with E-state index in [9.17, 15) is 9.59 Å². The van der Waals surface area contributed by atoms with Crippen molar-refractivity contribution in [3.05, 3.63) is 22.4 Å². The monoisotopic (exact) mass is 256 g/mol. The van der Waals surface area contributed by atoms with Gasteiger partial charge in [0.2, 0.25) is 0 Å². The third-order valence-corrected chi connectivity index (χ3v) is 3.38. The summed E-state index contributed by atoms with van der Waals surface area (Å²) in [4.78, 5) is 23.3. The van der Waals surface area contributed by atoms with E-state index in [1.54, 1.807) is 18.3 Å². The number of amides is 2. The summed E-state index contributed by atoms with van der Waals surface area (Å²) in [6.07, 6.45) is 0.357. The molecule has 0 saturated carbocycles. The summed E-state index contributed by atoms with van der Waals surface area (Å²) in [5.41, 5.74) is 0. The number of carbonyl (C=O) groups is 2. The van der Waals surface area contributed by atoms with Gasteiger partial charge in [-0.05, 0) is 24.8 Å². The fourth-order valence-electron chi connectivity index (χ4n) is 1.34. The molecule has 1 heterocycles. The second-order valence-electron chi connectivity index (χ2n) is 3.65. The second-order valence-corrected chi connectivity index (χ2v) is 4.63. The fraction of sp³-hybridized carbons (Fsp3) is 0.455. The number of carboxylic acid groups (broad SMARTS) is 1. The summed E-state index contributed by atoms with van der Waals surface area (Å²) in [5, 5.41) is 15.8. The molecular weight excluding hydrogens is 240 g/mol. The van der Waals surface area contributed by atoms with Crippen molar-refractivity contribution in [1.29, 1.82) is 0 Å². The lowest BCUT2D eigenvalue weighted by molar-refractivity contribution is -0.139. The standard InChI is InChI=1S/C11H16N2O3S/c1-3-8(10(14)15)13-11(16)12-7(2)9-5-4-6-17-9/h4-8H,3H2,1-2H3,(H,14,15)(H2,12,13,16)/t7?,8-/m1/s1. The molecule has 0 bridgehead atoms. The topological polar surface area (TPSA) is 78.4 Å². The molecule has 94 valence electrons. The molecule has 0 spiro atoms. The van der Waals surface area contributed by atoms with Gasteiger partial charge in [-0.25, -0.2) is 9.59 Å². The lowest BCUT2D eigenvalue weighted by Gasteiger charge is -2.16. The number of thiophene rings is 1. The molecule has 2 amide bonds. The van der Waals surface area contributed by atoms with Gasteiger partial charge in [-0.3, -0.25) is 0 Å². The van der Waals surface area contributed by atoms with E-state index in [4.69, 9.17) is 5.11 Å². The minimum Gasteiger partial charge on any atom is -0.480 e. The molecule has 0 aromatic carbocycles. The molecule has 1 aromatic heterocycles. The first-order valence-electron chi connectivity index (χ1n) is 5.37. The van der Waals surface area contributed by atoms with Crippen LogP contribution in [0.2, 0.25) is 0 Å². The number of nitrogens with one attached hydrogen (secondary N) is 2. The Morgan fingerprint density at radius 3 is 2.65 bits per heavy atom. The van der Waals surface area contributed by atoms with Gasteiger partial charge in [0, 0.05) is 4.88 Å². The van der Waals surface area contributed by atoms with Crippen molar-refractivity contribution in [3.63, 3.8) is 0 Å². The Labute approximate surface area is 104 Å². The Morgan fingerprint density at radius 1 is 1.47 bits per heavy atom. The molecule has 17 heavy (non-hydrogen) atoms. The second kappa shape index (κ2) is 6.24. The fourth-order valence-corrected chi connectivity index (χ4v) is 2.08. The van der Waals surface area contributed by atoms with E-state index in [0.29, 0.717) is 6.42 Å². The van der Waals surface area contributed by atoms with Gasteiger partial charge in [0.25, 0.3) is 0 Å². The maximum Gasteiger partial charge on any atom is 0.326 e. The summed E-state index contributed by atoms with van der Waals surface area (Å²) in [6.45, 7) is 3.56. The molecular formula is C11H16N2O3S. The van der Waals surface area contributed by atoms with Gasteiger partial charge in [-0.2, -0.15) is 0 Å². The zero-order valence-electron chi connectivity index (χ0n) is 9.77. The molecule has 5 nitrogen and oxygen atoms in total. The Kier molecular flexibility index (Phi) is 4.96. The zero-order chi connectivity index (χ0) is 12.8. The third kappa shape index (κ3) is 4.07. The number of carbonyl (C=O) groups excluding carboxylic acids is 1. The molecule has 0 aliphatic rings. The SMILES string of the molecule is CC[C@@H](NC(=O)NC(C)c1cccs1)C(=O)O. The molecule has 1 rings (SSSR count). The molecule has 0 saturated heterocycles. The molecule has 2 atom stereocenters. The largest absolute Gasteiger partial charge is 0.480 e. The van der Waals surface area contributed by atoms with Crippen molar-refractivity contribution >= 4 is 23.3 Å². The van der Waals surface area contributed by atoms with E-state index in [1.165, 1.54) is 0 Å². The normalized spacial score (nSPS) is 13.8. The quantitative estimate of drug-likeness (QED) is 0.753. The molecule has 0 fully saturated rings. The minimum absolute atomic E-state index is 0.124. The van der Waals surface area contributed by atoms with Crippen LogP contribution >= 0.6 is 11.3 Å². The van der Waals surface area contributed by atoms with Crippen molar-refractivity contribution in [2.75, 3.05) is 0 Å². The average molecular weight is 256 g/mol. The highest BCUT2D eigenvalue weighted by atomic mass is 32.1. The summed E-state index contributed by atoms with van der Waals surface area (Å²) < 4.78 is 0. The summed E-state index contributed by atoms with van der Waals surface area (Å²) in [7, 11) is 0. The van der Waals surface area contributed by atoms with Crippen LogP contribution in [0.3, 0.4) is 0 Å². The maximum atomic E-state index is 11.5. The van der Waals surface area contributed by atoms with Crippen LogP contribution in [0.15, 0.2) is 17.5 Å². The van der Waals surface area contributed by atoms with Gasteiger partial charge in [-0.1, -0.05) is 13.0 Å². The van der Waals surface area contributed by atoms with Crippen molar-refractivity contribution in [1.82, 2.24) is 10.6 Å². The van der Waals surface area contributed by atoms with Crippen LogP contribution in [-0.4, -0.2) is 23.1 Å². The maximum absolute atomic E-state index is 11.5. The molecule has 1 aromatic rings. The first kappa shape index (κ1) is 13.5. The van der Waals surface area contributed by atoms with Crippen LogP contribution in [0.5, 0.6) is 0 Å². The number of hydrogen-bond acceptors (Lipinski definition) is 3. The highest BCUT2D eigenvalue weighted by Crippen LogP contribution is 2.17. The zero-order valence-corrected chi connectivity index (χ0v) is 10.6. The van der Waals surface area contributed by atoms with Crippen molar-refractivity contribution < 1.29 is 14.7 Å². The molecule has 0 aliphatic heterocycles. The van der Waals surface area contributed by atoms with E-state index in [-0.39, 0.29) is 6.04 Å². The lowest BCUT2D eigenvalue weighted by atomic mass is 10.2. The Balaban J connectivity index is 2.47. The van der Waals surface area contributed by atoms with Crippen LogP contribution < -0.4 is 10.6 Å². The highest BCUT2D eigenvalue weighted by Gasteiger charge is 2.18. The van der Waals surface area contributed by atoms with Crippen LogP contribution in [0, 0.1) is 0 Å². The third-order valence-electron chi connectivity index (χ3n) is 2.33. The molecule has 0 aliphatic carbocycles. The van der Waals surface area contributed by atoms with Gasteiger partial charge in [-0.15, -0.1) is 11.3 Å². The predicted molar refractivity (Wildman–Crippen MR) is 66.1 cm³/mol. The van der Waals surface area contributed by atoms with Crippen LogP contribution in [0.1, 0.15) is 31.2 Å². The summed E-state index contributed by atoms with van der Waals surface area (Å²) >= 11 is 1.55. The molecule has 0 radical (unpaired) electrons. The van der Waals surface area contributed by atoms with Crippen molar-refractivity contribution in [3.8, 4) is 0 Å². The lowest BCUT2D eigenvalue weighted by Crippen LogP contribution is -2.46. The van der Waals surface area contributed by atoms with Crippen molar-refractivity contribution in [2.24, 2.45) is 0 Å². The van der Waals surface area contributed by atoms with Gasteiger partial charge >= 0.3 is 12.0 Å². The molecule has 3 N–H and O–H groups in total. The van der Waals surface area contributed by atoms with E-state index < -0.39 is 18.0 Å². The number of rotatable bonds is 5. The summed E-state index contributed by atoms with van der Waals surface area (Å²) in [6, 6.07) is 2.40. The molecule has 6 heteroatoms. The molecule has 1 unspecified atom stereocenters. The van der Waals surface area contributed by atoms with Gasteiger partial charge < -0.3 is 15.7 Å². The van der Waals surface area contributed by atoms with Crippen LogP contribution in [0.25, 0.3) is 0 Å². The first-order chi connectivity index (χ1) is 8.04. The Hall–Kier alpha value is -1.56. The van der Waals surface area contributed by atoms with E-state index in [0.717, 1.165) is 4.88 Å².